The minimum absolute atomic E-state index is 0.0872. The number of nitrogens with zero attached hydrogens (tertiary/aromatic N) is 1. The number of phenolic OH excluding ortho intramolecular Hbond substituents is 1. The third-order valence-corrected chi connectivity index (χ3v) is 7.20. The van der Waals surface area contributed by atoms with Gasteiger partial charge in [-0.1, -0.05) is 66.7 Å². The van der Waals surface area contributed by atoms with Gasteiger partial charge in [0.25, 0.3) is 10.0 Å². The van der Waals surface area contributed by atoms with Crippen LogP contribution >= 0.6 is 11.3 Å². The Morgan fingerprint density at radius 1 is 0.897 bits per heavy atom. The van der Waals surface area contributed by atoms with Gasteiger partial charge < -0.3 is 5.11 Å². The van der Waals surface area contributed by atoms with Crippen molar-refractivity contribution in [3.63, 3.8) is 0 Å². The van der Waals surface area contributed by atoms with E-state index in [-0.39, 0.29) is 15.6 Å². The van der Waals surface area contributed by atoms with E-state index in [1.165, 1.54) is 12.3 Å². The van der Waals surface area contributed by atoms with Gasteiger partial charge >= 0.3 is 0 Å². The maximum atomic E-state index is 12.8. The molecule has 1 heterocycles. The minimum Gasteiger partial charge on any atom is -0.506 e. The predicted molar refractivity (Wildman–Crippen MR) is 116 cm³/mol. The topological polar surface area (TPSA) is 79.3 Å². The lowest BCUT2D eigenvalue weighted by molar-refractivity contribution is 0.477. The number of rotatable bonds is 6. The fourth-order valence-corrected chi connectivity index (χ4v) is 5.10. The molecule has 0 aliphatic heterocycles. The number of hydrogen-bond acceptors (Lipinski definition) is 5. The van der Waals surface area contributed by atoms with Gasteiger partial charge in [-0.15, -0.1) is 11.3 Å². The van der Waals surface area contributed by atoms with E-state index < -0.39 is 10.0 Å². The first kappa shape index (κ1) is 19.2. The van der Waals surface area contributed by atoms with Gasteiger partial charge in [0.1, 0.15) is 10.8 Å². The van der Waals surface area contributed by atoms with Crippen LogP contribution in [0, 0.1) is 0 Å². The second-order valence-electron chi connectivity index (χ2n) is 6.47. The van der Waals surface area contributed by atoms with Crippen molar-refractivity contribution in [1.82, 2.24) is 4.98 Å². The third kappa shape index (κ3) is 4.47. The number of sulfonamides is 1. The lowest BCUT2D eigenvalue weighted by Crippen LogP contribution is -2.11. The van der Waals surface area contributed by atoms with Crippen LogP contribution in [0.5, 0.6) is 5.75 Å². The average molecular weight is 423 g/mol. The summed E-state index contributed by atoms with van der Waals surface area (Å²) in [5.74, 6) is -0.127. The van der Waals surface area contributed by atoms with Gasteiger partial charge in [0.05, 0.1) is 11.9 Å². The van der Waals surface area contributed by atoms with Crippen molar-refractivity contribution >= 4 is 27.0 Å². The third-order valence-electron chi connectivity index (χ3n) is 4.33. The van der Waals surface area contributed by atoms with E-state index in [0.29, 0.717) is 11.4 Å². The first-order valence-corrected chi connectivity index (χ1v) is 11.2. The molecule has 0 saturated carbocycles. The molecule has 0 unspecified atom stereocenters. The molecule has 0 bridgehead atoms. The summed E-state index contributed by atoms with van der Waals surface area (Å²) < 4.78 is 28.2. The van der Waals surface area contributed by atoms with Gasteiger partial charge in [-0.25, -0.2) is 13.4 Å². The molecule has 0 saturated heterocycles. The van der Waals surface area contributed by atoms with Crippen molar-refractivity contribution in [2.75, 3.05) is 4.72 Å². The molecule has 0 atom stereocenters. The van der Waals surface area contributed by atoms with Crippen LogP contribution in [0.2, 0.25) is 0 Å². The second kappa shape index (κ2) is 8.06. The summed E-state index contributed by atoms with van der Waals surface area (Å²) in [4.78, 5) is 4.23. The molecule has 3 aromatic carbocycles. The quantitative estimate of drug-likeness (QED) is 0.433. The molecule has 29 heavy (non-hydrogen) atoms. The highest BCUT2D eigenvalue weighted by atomic mass is 32.2. The van der Waals surface area contributed by atoms with Gasteiger partial charge in [-0.3, -0.25) is 4.72 Å². The van der Waals surface area contributed by atoms with Crippen molar-refractivity contribution in [2.24, 2.45) is 0 Å². The molecule has 0 aliphatic carbocycles. The number of anilines is 1. The lowest BCUT2D eigenvalue weighted by atomic mass is 10.0. The Morgan fingerprint density at radius 2 is 1.59 bits per heavy atom. The number of thiazole rings is 1. The molecule has 7 heteroatoms. The van der Waals surface area contributed by atoms with E-state index in [4.69, 9.17) is 0 Å². The molecule has 0 radical (unpaired) electrons. The molecule has 2 N–H and O–H groups in total. The van der Waals surface area contributed by atoms with Crippen LogP contribution in [0.1, 0.15) is 11.1 Å². The SMILES string of the molecule is O=S(=O)(Nc1cc(Cc2ccccc2)ccc1O)c1cnc(-c2ccccc2)s1. The van der Waals surface area contributed by atoms with E-state index in [9.17, 15) is 13.5 Å². The normalized spacial score (nSPS) is 11.3. The van der Waals surface area contributed by atoms with Crippen LogP contribution in [0.25, 0.3) is 10.6 Å². The Kier molecular flexibility index (Phi) is 5.33. The van der Waals surface area contributed by atoms with E-state index in [0.717, 1.165) is 28.0 Å². The molecule has 1 aromatic heterocycles. The second-order valence-corrected chi connectivity index (χ2v) is 9.41. The van der Waals surface area contributed by atoms with Crippen molar-refractivity contribution in [3.05, 3.63) is 96.2 Å². The Morgan fingerprint density at radius 3 is 2.31 bits per heavy atom. The number of aromatic nitrogens is 1. The Bertz CT molecular complexity index is 1220. The lowest BCUT2D eigenvalue weighted by Gasteiger charge is -2.10. The molecular formula is C22H18N2O3S2. The van der Waals surface area contributed by atoms with E-state index in [1.54, 1.807) is 12.1 Å². The van der Waals surface area contributed by atoms with E-state index >= 15 is 0 Å². The Labute approximate surface area is 173 Å². The van der Waals surface area contributed by atoms with Gasteiger partial charge in [0, 0.05) is 5.56 Å². The zero-order valence-corrected chi connectivity index (χ0v) is 17.0. The highest BCUT2D eigenvalue weighted by molar-refractivity contribution is 7.94. The molecule has 146 valence electrons. The van der Waals surface area contributed by atoms with Gasteiger partial charge in [-0.05, 0) is 29.7 Å². The standard InChI is InChI=1S/C22H18N2O3S2/c25-20-12-11-17(13-16-7-3-1-4-8-16)14-19(20)24-29(26,27)21-15-23-22(28-21)18-9-5-2-6-10-18/h1-12,14-15,24-25H,13H2. The maximum absolute atomic E-state index is 12.8. The minimum atomic E-state index is -3.87. The highest BCUT2D eigenvalue weighted by Gasteiger charge is 2.20. The monoisotopic (exact) mass is 422 g/mol. The van der Waals surface area contributed by atoms with Gasteiger partial charge in [0.15, 0.2) is 4.21 Å². The molecular weight excluding hydrogens is 404 g/mol. The number of phenols is 1. The van der Waals surface area contributed by atoms with Crippen LogP contribution in [-0.2, 0) is 16.4 Å². The first-order chi connectivity index (χ1) is 14.0. The molecule has 0 fully saturated rings. The van der Waals surface area contributed by atoms with Crippen molar-refractivity contribution in [1.29, 1.82) is 0 Å². The van der Waals surface area contributed by atoms with Crippen LogP contribution in [0.3, 0.4) is 0 Å². The van der Waals surface area contributed by atoms with Gasteiger partial charge in [-0.2, -0.15) is 0 Å². The average Bonchev–Trinajstić information content (AvgIpc) is 3.23. The molecule has 0 aliphatic rings. The van der Waals surface area contributed by atoms with E-state index in [2.05, 4.69) is 9.71 Å². The molecule has 5 nitrogen and oxygen atoms in total. The van der Waals surface area contributed by atoms with Crippen LogP contribution < -0.4 is 4.72 Å². The molecule has 4 aromatic rings. The highest BCUT2D eigenvalue weighted by Crippen LogP contribution is 2.32. The summed E-state index contributed by atoms with van der Waals surface area (Å²) >= 11 is 1.08. The van der Waals surface area contributed by atoms with Crippen LogP contribution in [0.15, 0.2) is 89.3 Å². The summed E-state index contributed by atoms with van der Waals surface area (Å²) in [6, 6.07) is 24.2. The molecule has 0 spiro atoms. The Hall–Kier alpha value is -3.16. The van der Waals surface area contributed by atoms with E-state index in [1.807, 2.05) is 60.7 Å². The number of aromatic hydroxyl groups is 1. The summed E-state index contributed by atoms with van der Waals surface area (Å²) in [6.45, 7) is 0. The zero-order chi connectivity index (χ0) is 20.3. The zero-order valence-electron chi connectivity index (χ0n) is 15.3. The van der Waals surface area contributed by atoms with Crippen molar-refractivity contribution < 1.29 is 13.5 Å². The van der Waals surface area contributed by atoms with Crippen LogP contribution in [0.4, 0.5) is 5.69 Å². The van der Waals surface area contributed by atoms with Gasteiger partial charge in [0.2, 0.25) is 0 Å². The fourth-order valence-electron chi connectivity index (χ4n) is 2.90. The van der Waals surface area contributed by atoms with Crippen molar-refractivity contribution in [2.45, 2.75) is 10.6 Å². The predicted octanol–water partition coefficient (Wildman–Crippen LogP) is 4.91. The summed E-state index contributed by atoms with van der Waals surface area (Å²) in [5.41, 5.74) is 2.99. The molecule has 0 amide bonds. The molecule has 4 rings (SSSR count). The number of hydrogen-bond donors (Lipinski definition) is 2. The summed E-state index contributed by atoms with van der Waals surface area (Å²) in [7, 11) is -3.87. The summed E-state index contributed by atoms with van der Waals surface area (Å²) in [5, 5.41) is 10.8. The van der Waals surface area contributed by atoms with Crippen LogP contribution in [-0.4, -0.2) is 18.5 Å². The van der Waals surface area contributed by atoms with Crippen molar-refractivity contribution in [3.8, 4) is 16.3 Å². The fraction of sp³-hybridized carbons (Fsp3) is 0.0455. The largest absolute Gasteiger partial charge is 0.506 e. The smallest absolute Gasteiger partial charge is 0.273 e. The first-order valence-electron chi connectivity index (χ1n) is 8.91. The number of benzene rings is 3. The maximum Gasteiger partial charge on any atom is 0.273 e. The summed E-state index contributed by atoms with van der Waals surface area (Å²) in [6.07, 6.45) is 1.97. The Balaban J connectivity index is 1.58. The number of nitrogens with one attached hydrogen (secondary N) is 1.